The van der Waals surface area contributed by atoms with Gasteiger partial charge in [0.2, 0.25) is 0 Å². The van der Waals surface area contributed by atoms with Crippen molar-refractivity contribution in [3.8, 4) is 0 Å². The number of halogens is 1. The number of benzene rings is 1. The molecule has 1 aromatic rings. The molecule has 1 aromatic carbocycles. The number of ether oxygens (including phenoxy) is 1. The van der Waals surface area contributed by atoms with Gasteiger partial charge in [0.1, 0.15) is 11.9 Å². The smallest absolute Gasteiger partial charge is 0.123 e. The Bertz CT molecular complexity index is 257. The van der Waals surface area contributed by atoms with Crippen LogP contribution in [0.15, 0.2) is 24.3 Å². The van der Waals surface area contributed by atoms with E-state index in [1.54, 1.807) is 12.1 Å². The van der Waals surface area contributed by atoms with Crippen LogP contribution >= 0.6 is 0 Å². The summed E-state index contributed by atoms with van der Waals surface area (Å²) in [5.41, 5.74) is 0.804. The van der Waals surface area contributed by atoms with Crippen molar-refractivity contribution in [2.45, 2.75) is 12.7 Å². The fourth-order valence-corrected chi connectivity index (χ4v) is 0.958. The standard InChI is InChI=1S/C10H13FO3/c11-9-3-1-8(2-4-9)7-14-10(5-12)6-13/h1-4,10,12-13H,5-7H2. The first-order chi connectivity index (χ1) is 6.76. The lowest BCUT2D eigenvalue weighted by atomic mass is 10.2. The van der Waals surface area contributed by atoms with Crippen LogP contribution in [0.25, 0.3) is 0 Å². The summed E-state index contributed by atoms with van der Waals surface area (Å²) in [6.07, 6.45) is -0.569. The zero-order valence-corrected chi connectivity index (χ0v) is 7.69. The Morgan fingerprint density at radius 1 is 1.14 bits per heavy atom. The predicted octanol–water partition coefficient (Wildman–Crippen LogP) is 0.695. The first kappa shape index (κ1) is 11.1. The summed E-state index contributed by atoms with van der Waals surface area (Å²) in [5.74, 6) is -0.297. The first-order valence-corrected chi connectivity index (χ1v) is 4.34. The molecule has 0 bridgehead atoms. The molecule has 0 unspecified atom stereocenters. The third-order valence-electron chi connectivity index (χ3n) is 1.81. The second-order valence-electron chi connectivity index (χ2n) is 2.92. The third kappa shape index (κ3) is 3.41. The van der Waals surface area contributed by atoms with Crippen molar-refractivity contribution < 1.29 is 19.3 Å². The summed E-state index contributed by atoms with van der Waals surface area (Å²) in [4.78, 5) is 0. The Morgan fingerprint density at radius 2 is 1.71 bits per heavy atom. The Labute approximate surface area is 81.8 Å². The molecule has 0 aromatic heterocycles. The molecule has 0 heterocycles. The van der Waals surface area contributed by atoms with Gasteiger partial charge in [-0.05, 0) is 17.7 Å². The van der Waals surface area contributed by atoms with Crippen LogP contribution in [0.3, 0.4) is 0 Å². The largest absolute Gasteiger partial charge is 0.394 e. The lowest BCUT2D eigenvalue weighted by molar-refractivity contribution is -0.0285. The summed E-state index contributed by atoms with van der Waals surface area (Å²) >= 11 is 0. The van der Waals surface area contributed by atoms with Crippen LogP contribution in [-0.4, -0.2) is 29.5 Å². The van der Waals surface area contributed by atoms with E-state index in [1.165, 1.54) is 12.1 Å². The Morgan fingerprint density at radius 3 is 2.21 bits per heavy atom. The molecule has 0 amide bonds. The van der Waals surface area contributed by atoms with Crippen molar-refractivity contribution in [2.24, 2.45) is 0 Å². The highest BCUT2D eigenvalue weighted by molar-refractivity contribution is 5.14. The number of aliphatic hydroxyl groups excluding tert-OH is 2. The molecule has 0 aliphatic rings. The van der Waals surface area contributed by atoms with Gasteiger partial charge in [0.25, 0.3) is 0 Å². The van der Waals surface area contributed by atoms with Gasteiger partial charge in [-0.1, -0.05) is 12.1 Å². The van der Waals surface area contributed by atoms with E-state index in [4.69, 9.17) is 14.9 Å². The van der Waals surface area contributed by atoms with Crippen molar-refractivity contribution in [3.63, 3.8) is 0 Å². The van der Waals surface area contributed by atoms with Gasteiger partial charge < -0.3 is 14.9 Å². The Balaban J connectivity index is 2.41. The van der Waals surface area contributed by atoms with Crippen LogP contribution in [0.1, 0.15) is 5.56 Å². The van der Waals surface area contributed by atoms with Crippen molar-refractivity contribution >= 4 is 0 Å². The maximum atomic E-state index is 12.5. The molecule has 78 valence electrons. The molecule has 1 rings (SSSR count). The summed E-state index contributed by atoms with van der Waals surface area (Å²) in [5, 5.41) is 17.4. The molecule has 14 heavy (non-hydrogen) atoms. The molecule has 4 heteroatoms. The highest BCUT2D eigenvalue weighted by Crippen LogP contribution is 2.05. The quantitative estimate of drug-likeness (QED) is 0.735. The van der Waals surface area contributed by atoms with Gasteiger partial charge >= 0.3 is 0 Å². The van der Waals surface area contributed by atoms with E-state index in [2.05, 4.69) is 0 Å². The second-order valence-corrected chi connectivity index (χ2v) is 2.92. The number of hydrogen-bond donors (Lipinski definition) is 2. The number of rotatable bonds is 5. The van der Waals surface area contributed by atoms with E-state index in [-0.39, 0.29) is 25.6 Å². The van der Waals surface area contributed by atoms with Crippen LogP contribution in [0.4, 0.5) is 4.39 Å². The molecule has 0 saturated carbocycles. The summed E-state index contributed by atoms with van der Waals surface area (Å²) in [6.45, 7) is -0.193. The summed E-state index contributed by atoms with van der Waals surface area (Å²) in [7, 11) is 0. The van der Waals surface area contributed by atoms with E-state index < -0.39 is 6.10 Å². The van der Waals surface area contributed by atoms with Crippen LogP contribution in [0.5, 0.6) is 0 Å². The lowest BCUT2D eigenvalue weighted by Crippen LogP contribution is -2.21. The SMILES string of the molecule is OCC(CO)OCc1ccc(F)cc1. The van der Waals surface area contributed by atoms with Gasteiger partial charge in [-0.2, -0.15) is 0 Å². The maximum Gasteiger partial charge on any atom is 0.123 e. The van der Waals surface area contributed by atoms with E-state index in [1.807, 2.05) is 0 Å². The molecule has 3 nitrogen and oxygen atoms in total. The first-order valence-electron chi connectivity index (χ1n) is 4.34. The Hall–Kier alpha value is -0.970. The maximum absolute atomic E-state index is 12.5. The van der Waals surface area contributed by atoms with Crippen molar-refractivity contribution in [2.75, 3.05) is 13.2 Å². The molecule has 0 spiro atoms. The van der Waals surface area contributed by atoms with Gasteiger partial charge in [-0.3, -0.25) is 0 Å². The monoisotopic (exact) mass is 200 g/mol. The van der Waals surface area contributed by atoms with Crippen LogP contribution in [-0.2, 0) is 11.3 Å². The molecule has 0 fully saturated rings. The molecule has 2 N–H and O–H groups in total. The number of aliphatic hydroxyl groups is 2. The highest BCUT2D eigenvalue weighted by Gasteiger charge is 2.05. The van der Waals surface area contributed by atoms with Gasteiger partial charge in [-0.25, -0.2) is 4.39 Å². The number of hydrogen-bond acceptors (Lipinski definition) is 3. The minimum Gasteiger partial charge on any atom is -0.394 e. The summed E-state index contributed by atoms with van der Waals surface area (Å²) in [6, 6.07) is 5.87. The average molecular weight is 200 g/mol. The van der Waals surface area contributed by atoms with E-state index >= 15 is 0 Å². The van der Waals surface area contributed by atoms with Gasteiger partial charge in [0.05, 0.1) is 19.8 Å². The minimum atomic E-state index is -0.569. The molecular formula is C10H13FO3. The zero-order chi connectivity index (χ0) is 10.4. The molecule has 0 aliphatic heterocycles. The highest BCUT2D eigenvalue weighted by atomic mass is 19.1. The fraction of sp³-hybridized carbons (Fsp3) is 0.400. The minimum absolute atomic E-state index is 0.225. The lowest BCUT2D eigenvalue weighted by Gasteiger charge is -2.12. The molecular weight excluding hydrogens is 187 g/mol. The zero-order valence-electron chi connectivity index (χ0n) is 7.69. The van der Waals surface area contributed by atoms with E-state index in [0.29, 0.717) is 0 Å². The van der Waals surface area contributed by atoms with E-state index in [0.717, 1.165) is 5.56 Å². The van der Waals surface area contributed by atoms with Crippen molar-refractivity contribution in [3.05, 3.63) is 35.6 Å². The predicted molar refractivity (Wildman–Crippen MR) is 49.1 cm³/mol. The second kappa shape index (κ2) is 5.70. The average Bonchev–Trinajstić information content (AvgIpc) is 2.22. The van der Waals surface area contributed by atoms with Crippen LogP contribution < -0.4 is 0 Å². The molecule has 0 atom stereocenters. The van der Waals surface area contributed by atoms with Gasteiger partial charge in [0.15, 0.2) is 0 Å². The molecule has 0 saturated heterocycles. The topological polar surface area (TPSA) is 49.7 Å². The van der Waals surface area contributed by atoms with Gasteiger partial charge in [0, 0.05) is 0 Å². The van der Waals surface area contributed by atoms with Crippen molar-refractivity contribution in [1.29, 1.82) is 0 Å². The van der Waals surface area contributed by atoms with Crippen molar-refractivity contribution in [1.82, 2.24) is 0 Å². The molecule has 0 radical (unpaired) electrons. The Kier molecular flexibility index (Phi) is 4.52. The van der Waals surface area contributed by atoms with Gasteiger partial charge in [-0.15, -0.1) is 0 Å². The van der Waals surface area contributed by atoms with Crippen LogP contribution in [0.2, 0.25) is 0 Å². The van der Waals surface area contributed by atoms with Crippen LogP contribution in [0, 0.1) is 5.82 Å². The normalized spacial score (nSPS) is 10.9. The third-order valence-corrected chi connectivity index (χ3v) is 1.81. The summed E-state index contributed by atoms with van der Waals surface area (Å²) < 4.78 is 17.6. The molecule has 0 aliphatic carbocycles. The fourth-order valence-electron chi connectivity index (χ4n) is 0.958. The van der Waals surface area contributed by atoms with E-state index in [9.17, 15) is 4.39 Å².